The molecule has 0 amide bonds. The minimum atomic E-state index is -1.08. The minimum absolute atomic E-state index is 0.0210. The second kappa shape index (κ2) is 10.3. The first kappa shape index (κ1) is 25.9. The van der Waals surface area contributed by atoms with E-state index in [0.29, 0.717) is 42.5 Å². The van der Waals surface area contributed by atoms with Gasteiger partial charge in [0.25, 0.3) is 0 Å². The van der Waals surface area contributed by atoms with Gasteiger partial charge in [0.2, 0.25) is 0 Å². The molecule has 10 nitrogen and oxygen atoms in total. The Kier molecular flexibility index (Phi) is 6.50. The van der Waals surface area contributed by atoms with Crippen LogP contribution in [0.3, 0.4) is 0 Å². The van der Waals surface area contributed by atoms with Crippen LogP contribution in [0.2, 0.25) is 0 Å². The molecule has 0 aliphatic rings. The van der Waals surface area contributed by atoms with E-state index in [4.69, 9.17) is 9.97 Å². The monoisotopic (exact) mass is 546 g/mol. The summed E-state index contributed by atoms with van der Waals surface area (Å²) >= 11 is 0. The van der Waals surface area contributed by atoms with Gasteiger partial charge in [0.1, 0.15) is 22.8 Å². The SMILES string of the molecule is CCn1c(-c2cccc(C(=O)O)n2)nc2cc(Cc3ccc4c(c3)nc(-c3cccc(C(=O)O)n3)n4CC)ccc21. The normalized spacial score (nSPS) is 11.4. The fraction of sp³-hybridized carbons (Fsp3) is 0.161. The van der Waals surface area contributed by atoms with Crippen molar-refractivity contribution < 1.29 is 19.8 Å². The standard InChI is InChI=1S/C31H26N6O4/c1-3-36-26-13-11-18(16-24(26)34-28(36)20-7-5-9-22(32-20)30(38)39)15-19-12-14-27-25(17-19)35-29(37(27)4-2)21-8-6-10-23(33-21)31(40)41/h5-14,16-17H,3-4,15H2,1-2H3,(H,38,39)(H,40,41). The summed E-state index contributed by atoms with van der Waals surface area (Å²) in [6.45, 7) is 5.36. The van der Waals surface area contributed by atoms with Crippen LogP contribution in [0, 0.1) is 0 Å². The Morgan fingerprint density at radius 1 is 0.634 bits per heavy atom. The van der Waals surface area contributed by atoms with Crippen LogP contribution in [0.1, 0.15) is 46.0 Å². The van der Waals surface area contributed by atoms with Crippen LogP contribution >= 0.6 is 0 Å². The number of benzene rings is 2. The van der Waals surface area contributed by atoms with Crippen LogP contribution in [-0.4, -0.2) is 51.2 Å². The molecule has 0 unspecified atom stereocenters. The van der Waals surface area contributed by atoms with E-state index in [2.05, 4.69) is 22.1 Å². The van der Waals surface area contributed by atoms with Crippen molar-refractivity contribution in [2.24, 2.45) is 0 Å². The fourth-order valence-corrected chi connectivity index (χ4v) is 5.19. The van der Waals surface area contributed by atoms with Crippen molar-refractivity contribution in [1.82, 2.24) is 29.1 Å². The first-order valence-electron chi connectivity index (χ1n) is 13.3. The van der Waals surface area contributed by atoms with Crippen molar-refractivity contribution >= 4 is 34.0 Å². The molecule has 10 heteroatoms. The van der Waals surface area contributed by atoms with Crippen LogP contribution in [0.5, 0.6) is 0 Å². The van der Waals surface area contributed by atoms with Crippen molar-refractivity contribution in [3.63, 3.8) is 0 Å². The summed E-state index contributed by atoms with van der Waals surface area (Å²) in [6, 6.07) is 22.1. The zero-order chi connectivity index (χ0) is 28.7. The Morgan fingerprint density at radius 3 is 1.46 bits per heavy atom. The quantitative estimate of drug-likeness (QED) is 0.254. The van der Waals surface area contributed by atoms with Crippen LogP contribution in [0.25, 0.3) is 45.1 Å². The molecule has 4 aromatic heterocycles. The summed E-state index contributed by atoms with van der Waals surface area (Å²) in [6.07, 6.45) is 0.661. The van der Waals surface area contributed by atoms with Crippen molar-refractivity contribution in [2.75, 3.05) is 0 Å². The second-order valence-electron chi connectivity index (χ2n) is 9.61. The summed E-state index contributed by atoms with van der Waals surface area (Å²) in [5.41, 5.74) is 6.65. The van der Waals surface area contributed by atoms with E-state index in [9.17, 15) is 19.8 Å². The predicted octanol–water partition coefficient (Wildman–Crippen LogP) is 5.54. The average molecular weight is 547 g/mol. The van der Waals surface area contributed by atoms with Gasteiger partial charge in [-0.1, -0.05) is 24.3 Å². The van der Waals surface area contributed by atoms with E-state index in [-0.39, 0.29) is 11.4 Å². The number of rotatable bonds is 8. The number of carboxylic acids is 2. The molecule has 0 bridgehead atoms. The molecule has 4 heterocycles. The number of hydrogen-bond acceptors (Lipinski definition) is 6. The number of carbonyl (C=O) groups is 2. The molecular formula is C31H26N6O4. The van der Waals surface area contributed by atoms with Gasteiger partial charge in [-0.3, -0.25) is 0 Å². The van der Waals surface area contributed by atoms with E-state index in [1.54, 1.807) is 24.3 Å². The molecule has 204 valence electrons. The van der Waals surface area contributed by atoms with Crippen molar-refractivity contribution in [3.05, 3.63) is 95.3 Å². The van der Waals surface area contributed by atoms with Gasteiger partial charge < -0.3 is 19.3 Å². The molecule has 2 N–H and O–H groups in total. The number of carboxylic acid groups (broad SMARTS) is 2. The third kappa shape index (κ3) is 4.69. The topological polar surface area (TPSA) is 136 Å². The molecule has 0 aliphatic heterocycles. The average Bonchev–Trinajstić information content (AvgIpc) is 3.54. The van der Waals surface area contributed by atoms with E-state index in [1.807, 2.05) is 47.2 Å². The summed E-state index contributed by atoms with van der Waals surface area (Å²) < 4.78 is 4.07. The molecule has 2 aromatic carbocycles. The van der Waals surface area contributed by atoms with Gasteiger partial charge in [-0.15, -0.1) is 0 Å². The van der Waals surface area contributed by atoms with E-state index >= 15 is 0 Å². The summed E-state index contributed by atoms with van der Waals surface area (Å²) in [5.74, 6) is -0.901. The van der Waals surface area contributed by atoms with Gasteiger partial charge in [-0.05, 0) is 79.9 Å². The Balaban J connectivity index is 1.35. The van der Waals surface area contributed by atoms with Crippen LogP contribution < -0.4 is 0 Å². The Bertz CT molecular complexity index is 1830. The largest absolute Gasteiger partial charge is 0.477 e. The number of aryl methyl sites for hydroxylation is 2. The van der Waals surface area contributed by atoms with Crippen LogP contribution in [0.15, 0.2) is 72.8 Å². The highest BCUT2D eigenvalue weighted by Gasteiger charge is 2.17. The lowest BCUT2D eigenvalue weighted by molar-refractivity contribution is 0.0680. The van der Waals surface area contributed by atoms with Gasteiger partial charge in [0.15, 0.2) is 11.6 Å². The number of pyridine rings is 2. The molecule has 0 saturated heterocycles. The predicted molar refractivity (Wildman–Crippen MR) is 154 cm³/mol. The maximum atomic E-state index is 11.4. The van der Waals surface area contributed by atoms with Crippen molar-refractivity contribution in [3.8, 4) is 23.0 Å². The highest BCUT2D eigenvalue weighted by molar-refractivity contribution is 5.87. The molecule has 0 radical (unpaired) electrons. The van der Waals surface area contributed by atoms with Gasteiger partial charge in [-0.2, -0.15) is 0 Å². The van der Waals surface area contributed by atoms with Crippen molar-refractivity contribution in [2.45, 2.75) is 33.4 Å². The molecule has 0 spiro atoms. The Labute approximate surface area is 234 Å². The third-order valence-corrected chi connectivity index (χ3v) is 7.06. The maximum Gasteiger partial charge on any atom is 0.354 e. The minimum Gasteiger partial charge on any atom is -0.477 e. The van der Waals surface area contributed by atoms with Crippen LogP contribution in [-0.2, 0) is 19.5 Å². The highest BCUT2D eigenvalue weighted by atomic mass is 16.4. The lowest BCUT2D eigenvalue weighted by atomic mass is 10.0. The zero-order valence-corrected chi connectivity index (χ0v) is 22.4. The summed E-state index contributed by atoms with van der Waals surface area (Å²) in [7, 11) is 0. The lowest BCUT2D eigenvalue weighted by Gasteiger charge is -2.07. The van der Waals surface area contributed by atoms with Crippen molar-refractivity contribution in [1.29, 1.82) is 0 Å². The Morgan fingerprint density at radius 2 is 1.07 bits per heavy atom. The first-order valence-corrected chi connectivity index (χ1v) is 13.3. The molecule has 0 saturated carbocycles. The van der Waals surface area contributed by atoms with E-state index < -0.39 is 11.9 Å². The zero-order valence-electron chi connectivity index (χ0n) is 22.4. The molecule has 6 rings (SSSR count). The number of imidazole rings is 2. The van der Waals surface area contributed by atoms with E-state index in [0.717, 1.165) is 33.2 Å². The van der Waals surface area contributed by atoms with Gasteiger partial charge in [0, 0.05) is 13.1 Å². The summed E-state index contributed by atoms with van der Waals surface area (Å²) in [4.78, 5) is 41.1. The molecule has 0 fully saturated rings. The number of aromatic carboxylic acids is 2. The number of aromatic nitrogens is 6. The van der Waals surface area contributed by atoms with Crippen LogP contribution in [0.4, 0.5) is 0 Å². The third-order valence-electron chi connectivity index (χ3n) is 7.06. The smallest absolute Gasteiger partial charge is 0.354 e. The lowest BCUT2D eigenvalue weighted by Crippen LogP contribution is -2.04. The first-order chi connectivity index (χ1) is 19.9. The van der Waals surface area contributed by atoms with Gasteiger partial charge in [0.05, 0.1) is 22.1 Å². The van der Waals surface area contributed by atoms with Gasteiger partial charge in [-0.25, -0.2) is 29.5 Å². The molecule has 41 heavy (non-hydrogen) atoms. The highest BCUT2D eigenvalue weighted by Crippen LogP contribution is 2.28. The Hall–Kier alpha value is -5.38. The number of hydrogen-bond donors (Lipinski definition) is 2. The fourth-order valence-electron chi connectivity index (χ4n) is 5.19. The maximum absolute atomic E-state index is 11.4. The second-order valence-corrected chi connectivity index (χ2v) is 9.61. The number of fused-ring (bicyclic) bond motifs is 2. The molecule has 6 aromatic rings. The molecule has 0 aliphatic carbocycles. The molecular weight excluding hydrogens is 520 g/mol. The molecule has 0 atom stereocenters. The van der Waals surface area contributed by atoms with E-state index in [1.165, 1.54) is 12.1 Å². The number of nitrogens with zero attached hydrogens (tertiary/aromatic N) is 6. The van der Waals surface area contributed by atoms with Gasteiger partial charge >= 0.3 is 11.9 Å². The summed E-state index contributed by atoms with van der Waals surface area (Å²) in [5, 5.41) is 18.7.